The first-order chi connectivity index (χ1) is 14.2. The van der Waals surface area contributed by atoms with Crippen LogP contribution in [0.5, 0.6) is 0 Å². The quantitative estimate of drug-likeness (QED) is 0.219. The van der Waals surface area contributed by atoms with Crippen LogP contribution in [0.1, 0.15) is 68.2 Å². The molecule has 0 aromatic heterocycles. The third-order valence-corrected chi connectivity index (χ3v) is 5.80. The first-order valence-corrected chi connectivity index (χ1v) is 11.1. The highest BCUT2D eigenvalue weighted by Gasteiger charge is 2.39. The average molecular weight is 438 g/mol. The van der Waals surface area contributed by atoms with Gasteiger partial charge in [0.2, 0.25) is 0 Å². The summed E-state index contributed by atoms with van der Waals surface area (Å²) in [5.41, 5.74) is -0.285. The second-order valence-electron chi connectivity index (χ2n) is 11.0. The van der Waals surface area contributed by atoms with E-state index in [1.807, 2.05) is 39.8 Å². The maximum atomic E-state index is 12.7. The van der Waals surface area contributed by atoms with Gasteiger partial charge < -0.3 is 9.47 Å². The molecule has 31 heavy (non-hydrogen) atoms. The van der Waals surface area contributed by atoms with Crippen LogP contribution in [0.15, 0.2) is 17.3 Å². The van der Waals surface area contributed by atoms with E-state index in [1.54, 1.807) is 0 Å². The lowest BCUT2D eigenvalue weighted by Gasteiger charge is -2.33. The first kappa shape index (κ1) is 27.0. The van der Waals surface area contributed by atoms with Gasteiger partial charge in [0.1, 0.15) is 13.2 Å². The van der Waals surface area contributed by atoms with Gasteiger partial charge in [0.25, 0.3) is 5.91 Å². The molecule has 0 N–H and O–H groups in total. The molecule has 5 unspecified atom stereocenters. The van der Waals surface area contributed by atoms with E-state index in [4.69, 9.17) is 9.47 Å². The fourth-order valence-electron chi connectivity index (χ4n) is 4.01. The van der Waals surface area contributed by atoms with E-state index < -0.39 is 23.7 Å². The number of ether oxygens (including phenoxy) is 2. The number of carbonyl (C=O) groups excluding carboxylic acids is 3. The lowest BCUT2D eigenvalue weighted by molar-refractivity contribution is -0.162. The highest BCUT2D eigenvalue weighted by atomic mass is 16.6. The van der Waals surface area contributed by atoms with Crippen LogP contribution in [0.25, 0.3) is 0 Å². The molecular formula is C24H39NO6. The van der Waals surface area contributed by atoms with E-state index in [1.165, 1.54) is 6.92 Å². The number of esters is 2. The summed E-state index contributed by atoms with van der Waals surface area (Å²) in [7, 11) is 0. The molecule has 5 atom stereocenters. The van der Waals surface area contributed by atoms with E-state index in [0.29, 0.717) is 12.8 Å². The van der Waals surface area contributed by atoms with Crippen LogP contribution >= 0.6 is 0 Å². The zero-order valence-corrected chi connectivity index (χ0v) is 20.3. The topological polar surface area (TPSA) is 99.1 Å². The Morgan fingerprint density at radius 3 is 1.97 bits per heavy atom. The van der Waals surface area contributed by atoms with Gasteiger partial charge in [-0.2, -0.15) is 0 Å². The molecule has 0 fully saturated rings. The molecular weight excluding hydrogens is 398 g/mol. The third kappa shape index (κ3) is 8.54. The van der Waals surface area contributed by atoms with Crippen LogP contribution in [0.3, 0.4) is 0 Å². The van der Waals surface area contributed by atoms with Crippen LogP contribution in [0.4, 0.5) is 0 Å². The summed E-state index contributed by atoms with van der Waals surface area (Å²) in [5.74, 6) is -3.60. The molecule has 7 heteroatoms. The molecule has 0 saturated heterocycles. The van der Waals surface area contributed by atoms with Gasteiger partial charge in [-0.1, -0.05) is 67.5 Å². The maximum Gasteiger partial charge on any atom is 0.310 e. The maximum absolute atomic E-state index is 12.7. The van der Waals surface area contributed by atoms with Crippen molar-refractivity contribution >= 4 is 17.8 Å². The highest BCUT2D eigenvalue weighted by molar-refractivity contribution is 5.85. The SMILES string of the molecule is CC1C=CC(C(C(=O)OCCOC(=O)C(CC(C)(C)C)C(C)(C)C)C(C)C(=O)N=O)C1. The Kier molecular flexibility index (Phi) is 9.58. The van der Waals surface area contributed by atoms with Crippen molar-refractivity contribution < 1.29 is 23.9 Å². The minimum absolute atomic E-state index is 0.0299. The standard InChI is InChI=1S/C24H39NO6/c1-15-9-10-17(13-15)19(16(2)20(26)25-29)22(28)31-12-11-30-21(27)18(24(6,7)8)14-23(3,4)5/h9-10,15-19H,11-14H2,1-8H3. The number of rotatable bonds is 9. The Labute approximate surface area is 186 Å². The summed E-state index contributed by atoms with van der Waals surface area (Å²) in [5, 5.41) is 2.48. The molecule has 0 radical (unpaired) electrons. The zero-order valence-electron chi connectivity index (χ0n) is 20.3. The normalized spacial score (nSPS) is 21.8. The molecule has 0 heterocycles. The summed E-state index contributed by atoms with van der Waals surface area (Å²) >= 11 is 0. The molecule has 1 amide bonds. The molecule has 1 aliphatic rings. The van der Waals surface area contributed by atoms with Crippen LogP contribution in [0.2, 0.25) is 0 Å². The van der Waals surface area contributed by atoms with E-state index in [-0.39, 0.29) is 47.8 Å². The predicted molar refractivity (Wildman–Crippen MR) is 119 cm³/mol. The number of allylic oxidation sites excluding steroid dienone is 2. The summed E-state index contributed by atoms with van der Waals surface area (Å²) in [6.07, 6.45) is 5.26. The molecule has 7 nitrogen and oxygen atoms in total. The van der Waals surface area contributed by atoms with Gasteiger partial charge >= 0.3 is 11.9 Å². The predicted octanol–water partition coefficient (Wildman–Crippen LogP) is 4.93. The van der Waals surface area contributed by atoms with Crippen LogP contribution in [0, 0.1) is 45.3 Å². The van der Waals surface area contributed by atoms with Gasteiger partial charge in [-0.25, -0.2) is 0 Å². The Bertz CT molecular complexity index is 685. The fraction of sp³-hybridized carbons (Fsp3) is 0.792. The molecule has 0 saturated carbocycles. The molecule has 1 aliphatic carbocycles. The molecule has 0 aromatic rings. The van der Waals surface area contributed by atoms with Crippen LogP contribution < -0.4 is 0 Å². The van der Waals surface area contributed by atoms with Gasteiger partial charge in [0.15, 0.2) is 0 Å². The minimum Gasteiger partial charge on any atom is -0.462 e. The number of nitrogens with zero attached hydrogens (tertiary/aromatic N) is 1. The number of hydrogen-bond donors (Lipinski definition) is 0. The van der Waals surface area contributed by atoms with E-state index in [9.17, 15) is 19.3 Å². The van der Waals surface area contributed by atoms with Crippen molar-refractivity contribution in [3.8, 4) is 0 Å². The summed E-state index contributed by atoms with van der Waals surface area (Å²) in [4.78, 5) is 47.9. The van der Waals surface area contributed by atoms with E-state index in [0.717, 1.165) is 0 Å². The molecule has 0 bridgehead atoms. The van der Waals surface area contributed by atoms with Crippen molar-refractivity contribution in [3.05, 3.63) is 17.1 Å². The van der Waals surface area contributed by atoms with Crippen molar-refractivity contribution in [2.45, 2.75) is 68.2 Å². The van der Waals surface area contributed by atoms with Crippen molar-refractivity contribution in [2.75, 3.05) is 13.2 Å². The van der Waals surface area contributed by atoms with Crippen molar-refractivity contribution in [2.24, 2.45) is 45.6 Å². The van der Waals surface area contributed by atoms with Gasteiger partial charge in [-0.15, -0.1) is 4.91 Å². The Morgan fingerprint density at radius 1 is 1.00 bits per heavy atom. The van der Waals surface area contributed by atoms with Crippen molar-refractivity contribution in [1.29, 1.82) is 0 Å². The third-order valence-electron chi connectivity index (χ3n) is 5.80. The van der Waals surface area contributed by atoms with Gasteiger partial charge in [-0.05, 0) is 35.5 Å². The Morgan fingerprint density at radius 2 is 1.55 bits per heavy atom. The fourth-order valence-corrected chi connectivity index (χ4v) is 4.01. The van der Waals surface area contributed by atoms with Gasteiger partial charge in [0, 0.05) is 5.18 Å². The number of carbonyl (C=O) groups is 3. The smallest absolute Gasteiger partial charge is 0.310 e. The molecule has 0 aliphatic heterocycles. The summed E-state index contributed by atoms with van der Waals surface area (Å²) in [6.45, 7) is 15.6. The highest BCUT2D eigenvalue weighted by Crippen LogP contribution is 2.37. The van der Waals surface area contributed by atoms with E-state index in [2.05, 4.69) is 25.9 Å². The first-order valence-electron chi connectivity index (χ1n) is 11.1. The second kappa shape index (κ2) is 11.0. The van der Waals surface area contributed by atoms with Gasteiger partial charge in [0.05, 0.1) is 17.8 Å². The van der Waals surface area contributed by atoms with E-state index >= 15 is 0 Å². The molecule has 0 aromatic carbocycles. The molecule has 1 rings (SSSR count). The Balaban J connectivity index is 2.70. The second-order valence-corrected chi connectivity index (χ2v) is 11.0. The lowest BCUT2D eigenvalue weighted by atomic mass is 9.72. The molecule has 176 valence electrons. The number of hydrogen-bond acceptors (Lipinski definition) is 6. The van der Waals surface area contributed by atoms with Crippen LogP contribution in [-0.4, -0.2) is 31.1 Å². The molecule has 0 spiro atoms. The van der Waals surface area contributed by atoms with Crippen molar-refractivity contribution in [1.82, 2.24) is 0 Å². The summed E-state index contributed by atoms with van der Waals surface area (Å²) in [6, 6.07) is 0. The Hall–Kier alpha value is -2.05. The number of amides is 1. The zero-order chi connectivity index (χ0) is 24.0. The number of nitroso groups, excluding NO2 is 1. The van der Waals surface area contributed by atoms with Crippen molar-refractivity contribution in [3.63, 3.8) is 0 Å². The monoisotopic (exact) mass is 437 g/mol. The summed E-state index contributed by atoms with van der Waals surface area (Å²) < 4.78 is 10.8. The van der Waals surface area contributed by atoms with Gasteiger partial charge in [-0.3, -0.25) is 14.4 Å². The largest absolute Gasteiger partial charge is 0.462 e. The lowest BCUT2D eigenvalue weighted by Crippen LogP contribution is -2.35. The minimum atomic E-state index is -0.871. The average Bonchev–Trinajstić information content (AvgIpc) is 3.06. The van der Waals surface area contributed by atoms with Crippen LogP contribution in [-0.2, 0) is 23.9 Å².